The number of rotatable bonds is 2. The van der Waals surface area contributed by atoms with E-state index in [0.717, 1.165) is 18.0 Å². The summed E-state index contributed by atoms with van der Waals surface area (Å²) in [7, 11) is 1.81. The Morgan fingerprint density at radius 2 is 2.43 bits per heavy atom. The van der Waals surface area contributed by atoms with E-state index in [4.69, 9.17) is 11.6 Å². The lowest BCUT2D eigenvalue weighted by atomic mass is 10.5. The van der Waals surface area contributed by atoms with Crippen LogP contribution in [0.25, 0.3) is 0 Å². The van der Waals surface area contributed by atoms with Crippen LogP contribution >= 0.6 is 22.9 Å². The van der Waals surface area contributed by atoms with Crippen LogP contribution in [0.3, 0.4) is 0 Å². The quantitative estimate of drug-likeness (QED) is 0.776. The van der Waals surface area contributed by atoms with Crippen LogP contribution in [0, 0.1) is 0 Å². The first-order chi connectivity index (χ1) is 6.66. The van der Waals surface area contributed by atoms with Crippen LogP contribution in [-0.4, -0.2) is 41.0 Å². The summed E-state index contributed by atoms with van der Waals surface area (Å²) < 4.78 is 0.528. The van der Waals surface area contributed by atoms with Crippen LogP contribution in [0.15, 0.2) is 6.20 Å². The third-order valence-corrected chi connectivity index (χ3v) is 3.27. The third kappa shape index (κ3) is 1.83. The number of thiazole rings is 1. The average Bonchev–Trinajstić information content (AvgIpc) is 2.67. The first-order valence-corrected chi connectivity index (χ1v) is 5.46. The molecule has 1 aromatic heterocycles. The molecule has 0 aliphatic carbocycles. The van der Waals surface area contributed by atoms with E-state index < -0.39 is 0 Å². The molecule has 0 spiro atoms. The minimum Gasteiger partial charge on any atom is -0.326 e. The van der Waals surface area contributed by atoms with Crippen LogP contribution in [0.4, 0.5) is 4.79 Å². The van der Waals surface area contributed by atoms with Crippen molar-refractivity contribution in [2.45, 2.75) is 6.54 Å². The van der Waals surface area contributed by atoms with Gasteiger partial charge in [0.1, 0.15) is 0 Å². The molecule has 1 saturated heterocycles. The van der Waals surface area contributed by atoms with Crippen molar-refractivity contribution in [3.05, 3.63) is 15.5 Å². The molecule has 1 aliphatic rings. The van der Waals surface area contributed by atoms with E-state index in [1.54, 1.807) is 16.0 Å². The summed E-state index contributed by atoms with van der Waals surface area (Å²) >= 11 is 7.12. The number of halogens is 1. The van der Waals surface area contributed by atoms with Crippen molar-refractivity contribution >= 4 is 29.0 Å². The van der Waals surface area contributed by atoms with Crippen molar-refractivity contribution < 1.29 is 4.79 Å². The van der Waals surface area contributed by atoms with E-state index in [-0.39, 0.29) is 6.03 Å². The molecule has 2 heterocycles. The summed E-state index contributed by atoms with van der Waals surface area (Å²) in [5.74, 6) is 0. The van der Waals surface area contributed by atoms with Gasteiger partial charge in [-0.25, -0.2) is 9.78 Å². The fourth-order valence-electron chi connectivity index (χ4n) is 1.39. The zero-order valence-corrected chi connectivity index (χ0v) is 9.31. The van der Waals surface area contributed by atoms with Gasteiger partial charge in [0.2, 0.25) is 0 Å². The molecule has 0 atom stereocenters. The molecule has 2 amide bonds. The molecule has 0 saturated carbocycles. The summed E-state index contributed by atoms with van der Waals surface area (Å²) in [6.45, 7) is 2.20. The fraction of sp³-hybridized carbons (Fsp3) is 0.500. The topological polar surface area (TPSA) is 36.4 Å². The summed E-state index contributed by atoms with van der Waals surface area (Å²) in [6.07, 6.45) is 1.72. The molecule has 14 heavy (non-hydrogen) atoms. The lowest BCUT2D eigenvalue weighted by Crippen LogP contribution is -2.28. The highest BCUT2D eigenvalue weighted by molar-refractivity contribution is 7.15. The second-order valence-electron chi connectivity index (χ2n) is 3.21. The van der Waals surface area contributed by atoms with Gasteiger partial charge in [-0.05, 0) is 0 Å². The maximum Gasteiger partial charge on any atom is 0.320 e. The third-order valence-electron chi connectivity index (χ3n) is 2.17. The zero-order valence-electron chi connectivity index (χ0n) is 7.73. The Morgan fingerprint density at radius 3 is 2.93 bits per heavy atom. The molecule has 2 rings (SSSR count). The normalized spacial score (nSPS) is 16.9. The van der Waals surface area contributed by atoms with Crippen molar-refractivity contribution in [1.82, 2.24) is 14.8 Å². The summed E-state index contributed by atoms with van der Waals surface area (Å²) in [5, 5.41) is 0. The van der Waals surface area contributed by atoms with Gasteiger partial charge >= 0.3 is 6.03 Å². The Balaban J connectivity index is 2.02. The highest BCUT2D eigenvalue weighted by Crippen LogP contribution is 2.20. The van der Waals surface area contributed by atoms with Gasteiger partial charge in [0.15, 0.2) is 4.47 Å². The van der Waals surface area contributed by atoms with E-state index in [1.165, 1.54) is 11.3 Å². The highest BCUT2D eigenvalue weighted by atomic mass is 35.5. The minimum atomic E-state index is 0.0783. The van der Waals surface area contributed by atoms with Gasteiger partial charge in [0.05, 0.1) is 6.54 Å². The SMILES string of the molecule is CN1CCN(Cc2cnc(Cl)s2)C1=O. The monoisotopic (exact) mass is 231 g/mol. The highest BCUT2D eigenvalue weighted by Gasteiger charge is 2.25. The molecule has 1 fully saturated rings. The van der Waals surface area contributed by atoms with E-state index in [1.807, 2.05) is 7.05 Å². The minimum absolute atomic E-state index is 0.0783. The number of carbonyl (C=O) groups excluding carboxylic acids is 1. The van der Waals surface area contributed by atoms with Crippen LogP contribution in [0.5, 0.6) is 0 Å². The van der Waals surface area contributed by atoms with Crippen molar-refractivity contribution in [1.29, 1.82) is 0 Å². The number of carbonyl (C=O) groups is 1. The number of likely N-dealkylation sites (N-methyl/N-ethyl adjacent to an activating group) is 1. The van der Waals surface area contributed by atoms with Crippen molar-refractivity contribution in [3.8, 4) is 0 Å². The van der Waals surface area contributed by atoms with Crippen LogP contribution < -0.4 is 0 Å². The van der Waals surface area contributed by atoms with E-state index in [0.29, 0.717) is 11.0 Å². The lowest BCUT2D eigenvalue weighted by Gasteiger charge is -2.13. The van der Waals surface area contributed by atoms with Gasteiger partial charge in [0.25, 0.3) is 0 Å². The number of amides is 2. The van der Waals surface area contributed by atoms with Crippen LogP contribution in [-0.2, 0) is 6.54 Å². The van der Waals surface area contributed by atoms with Crippen LogP contribution in [0.1, 0.15) is 4.88 Å². The maximum absolute atomic E-state index is 11.5. The predicted octanol–water partition coefficient (Wildman–Crippen LogP) is 1.66. The van der Waals surface area contributed by atoms with Gasteiger partial charge in [0, 0.05) is 31.2 Å². The van der Waals surface area contributed by atoms with Gasteiger partial charge in [-0.2, -0.15) is 0 Å². The van der Waals surface area contributed by atoms with Crippen molar-refractivity contribution in [3.63, 3.8) is 0 Å². The largest absolute Gasteiger partial charge is 0.326 e. The molecule has 0 unspecified atom stereocenters. The standard InChI is InChI=1S/C8H10ClN3OS/c1-11-2-3-12(8(11)13)5-6-4-10-7(9)14-6/h4H,2-3,5H2,1H3. The molecule has 0 N–H and O–H groups in total. The Morgan fingerprint density at radius 1 is 1.64 bits per heavy atom. The molecule has 1 aromatic rings. The Kier molecular flexibility index (Phi) is 2.60. The van der Waals surface area contributed by atoms with E-state index >= 15 is 0 Å². The molecule has 0 bridgehead atoms. The predicted molar refractivity (Wildman–Crippen MR) is 55.6 cm³/mol. The van der Waals surface area contributed by atoms with E-state index in [2.05, 4.69) is 4.98 Å². The van der Waals surface area contributed by atoms with Gasteiger partial charge < -0.3 is 9.80 Å². The van der Waals surface area contributed by atoms with E-state index in [9.17, 15) is 4.79 Å². The Labute approximate surface area is 91.1 Å². The number of urea groups is 1. The van der Waals surface area contributed by atoms with Gasteiger partial charge in [-0.1, -0.05) is 11.6 Å². The number of nitrogens with zero attached hydrogens (tertiary/aromatic N) is 3. The number of aromatic nitrogens is 1. The van der Waals surface area contributed by atoms with Gasteiger partial charge in [-0.3, -0.25) is 0 Å². The number of hydrogen-bond donors (Lipinski definition) is 0. The smallest absolute Gasteiger partial charge is 0.320 e. The summed E-state index contributed by atoms with van der Waals surface area (Å²) in [5.41, 5.74) is 0. The lowest BCUT2D eigenvalue weighted by molar-refractivity contribution is 0.197. The second kappa shape index (κ2) is 3.74. The van der Waals surface area contributed by atoms with Crippen molar-refractivity contribution in [2.75, 3.05) is 20.1 Å². The Hall–Kier alpha value is -0.810. The summed E-state index contributed by atoms with van der Waals surface area (Å²) in [4.78, 5) is 20.0. The molecule has 0 radical (unpaired) electrons. The molecule has 0 aromatic carbocycles. The number of hydrogen-bond acceptors (Lipinski definition) is 3. The molecular weight excluding hydrogens is 222 g/mol. The molecule has 4 nitrogen and oxygen atoms in total. The second-order valence-corrected chi connectivity index (χ2v) is 4.90. The average molecular weight is 232 g/mol. The first-order valence-electron chi connectivity index (χ1n) is 4.27. The maximum atomic E-state index is 11.5. The van der Waals surface area contributed by atoms with Crippen molar-refractivity contribution in [2.24, 2.45) is 0 Å². The Bertz CT molecular complexity index is 354. The zero-order chi connectivity index (χ0) is 10.1. The molecule has 1 aliphatic heterocycles. The molecule has 6 heteroatoms. The van der Waals surface area contributed by atoms with Gasteiger partial charge in [-0.15, -0.1) is 11.3 Å². The first kappa shape index (κ1) is 9.73. The molecule has 76 valence electrons. The fourth-order valence-corrected chi connectivity index (χ4v) is 2.39. The van der Waals surface area contributed by atoms with Crippen LogP contribution in [0.2, 0.25) is 4.47 Å². The summed E-state index contributed by atoms with van der Waals surface area (Å²) in [6, 6.07) is 0.0783. The molecular formula is C8H10ClN3OS.